The maximum atomic E-state index is 12.4. The van der Waals surface area contributed by atoms with Crippen molar-refractivity contribution in [2.45, 2.75) is 13.0 Å². The molecule has 9 heteroatoms. The van der Waals surface area contributed by atoms with E-state index in [-0.39, 0.29) is 31.2 Å². The predicted molar refractivity (Wildman–Crippen MR) is 123 cm³/mol. The molecule has 2 heterocycles. The summed E-state index contributed by atoms with van der Waals surface area (Å²) in [5.41, 5.74) is 0.696. The Morgan fingerprint density at radius 1 is 1.00 bits per heavy atom. The minimum absolute atomic E-state index is 0.0339. The number of carbonyl (C=O) groups is 4. The number of ether oxygens (including phenoxy) is 2. The zero-order valence-electron chi connectivity index (χ0n) is 17.9. The fourth-order valence-electron chi connectivity index (χ4n) is 3.47. The normalized spacial score (nSPS) is 15.3. The third-order valence-electron chi connectivity index (χ3n) is 5.29. The fourth-order valence-corrected chi connectivity index (χ4v) is 3.74. The number of amides is 1. The van der Waals surface area contributed by atoms with E-state index in [9.17, 15) is 19.2 Å². The van der Waals surface area contributed by atoms with Crippen molar-refractivity contribution in [3.05, 3.63) is 88.3 Å². The molecule has 0 bridgehead atoms. The van der Waals surface area contributed by atoms with E-state index in [2.05, 4.69) is 15.9 Å². The maximum Gasteiger partial charge on any atom is 0.343 e. The van der Waals surface area contributed by atoms with Gasteiger partial charge >= 0.3 is 11.9 Å². The van der Waals surface area contributed by atoms with Crippen molar-refractivity contribution in [3.63, 3.8) is 0 Å². The molecule has 1 amide bonds. The topological polar surface area (TPSA) is 103 Å². The monoisotopic (exact) mass is 525 g/mol. The van der Waals surface area contributed by atoms with E-state index in [0.717, 1.165) is 4.47 Å². The third-order valence-corrected chi connectivity index (χ3v) is 5.82. The molecule has 1 fully saturated rings. The number of ketones is 1. The number of nitrogens with zero attached hydrogens (tertiary/aromatic N) is 1. The number of hydrogen-bond acceptors (Lipinski definition) is 7. The number of esters is 2. The average Bonchev–Trinajstić information content (AvgIpc) is 3.48. The van der Waals surface area contributed by atoms with Crippen LogP contribution in [0.4, 0.5) is 0 Å². The van der Waals surface area contributed by atoms with Gasteiger partial charge in [-0.1, -0.05) is 15.9 Å². The van der Waals surface area contributed by atoms with E-state index in [1.165, 1.54) is 35.4 Å². The number of rotatable bonds is 8. The van der Waals surface area contributed by atoms with Gasteiger partial charge in [0.05, 0.1) is 24.3 Å². The van der Waals surface area contributed by atoms with Crippen LogP contribution in [0.2, 0.25) is 0 Å². The summed E-state index contributed by atoms with van der Waals surface area (Å²) in [4.78, 5) is 50.7. The van der Waals surface area contributed by atoms with Crippen LogP contribution in [0.15, 0.2) is 75.8 Å². The van der Waals surface area contributed by atoms with E-state index in [0.29, 0.717) is 16.9 Å². The Bertz CT molecular complexity index is 1190. The second-order valence-corrected chi connectivity index (χ2v) is 8.62. The van der Waals surface area contributed by atoms with Crippen LogP contribution in [0, 0.1) is 5.92 Å². The number of likely N-dealkylation sites (tertiary alicyclic amines) is 1. The van der Waals surface area contributed by atoms with Crippen LogP contribution in [-0.4, -0.2) is 41.7 Å². The number of carbonyl (C=O) groups excluding carboxylic acids is 4. The van der Waals surface area contributed by atoms with Gasteiger partial charge in [0.1, 0.15) is 11.5 Å². The van der Waals surface area contributed by atoms with E-state index in [4.69, 9.17) is 13.9 Å². The molecule has 1 atom stereocenters. The summed E-state index contributed by atoms with van der Waals surface area (Å²) in [7, 11) is 0. The van der Waals surface area contributed by atoms with Crippen molar-refractivity contribution in [1.29, 1.82) is 0 Å². The smallest absolute Gasteiger partial charge is 0.343 e. The fraction of sp³-hybridized carbons (Fsp3) is 0.200. The molecule has 4 rings (SSSR count). The predicted octanol–water partition coefficient (Wildman–Crippen LogP) is 4.04. The number of halogens is 1. The number of hydrogen-bond donors (Lipinski definition) is 0. The van der Waals surface area contributed by atoms with Crippen molar-refractivity contribution < 1.29 is 33.1 Å². The Morgan fingerprint density at radius 3 is 2.38 bits per heavy atom. The first-order chi connectivity index (χ1) is 16.4. The van der Waals surface area contributed by atoms with Gasteiger partial charge in [-0.05, 0) is 60.7 Å². The highest BCUT2D eigenvalue weighted by atomic mass is 79.9. The molecule has 8 nitrogen and oxygen atoms in total. The standard InChI is InChI=1S/C25H20BrNO7/c26-19-7-3-17(4-8-19)25(31)34-20-9-5-16(6-10-20)22(28)15-33-24(30)18-12-23(29)27(13-18)14-21-2-1-11-32-21/h1-11,18H,12-15H2/t18-/m0/s1. The summed E-state index contributed by atoms with van der Waals surface area (Å²) >= 11 is 3.30. The van der Waals surface area contributed by atoms with Crippen LogP contribution in [0.1, 0.15) is 32.9 Å². The summed E-state index contributed by atoms with van der Waals surface area (Å²) in [5.74, 6) is -1.41. The van der Waals surface area contributed by atoms with E-state index < -0.39 is 30.2 Å². The first-order valence-corrected chi connectivity index (χ1v) is 11.3. The molecule has 0 spiro atoms. The lowest BCUT2D eigenvalue weighted by Crippen LogP contribution is -2.27. The Kier molecular flexibility index (Phi) is 7.22. The van der Waals surface area contributed by atoms with Gasteiger partial charge in [0.25, 0.3) is 0 Å². The first kappa shape index (κ1) is 23.4. The highest BCUT2D eigenvalue weighted by Gasteiger charge is 2.36. The van der Waals surface area contributed by atoms with Crippen LogP contribution < -0.4 is 4.74 Å². The summed E-state index contributed by atoms with van der Waals surface area (Å²) in [6.07, 6.45) is 1.55. The molecule has 1 aliphatic rings. The van der Waals surface area contributed by atoms with Crippen molar-refractivity contribution in [1.82, 2.24) is 4.90 Å². The Hall–Kier alpha value is -3.72. The second kappa shape index (κ2) is 10.5. The highest BCUT2D eigenvalue weighted by Crippen LogP contribution is 2.22. The number of furan rings is 1. The minimum atomic E-state index is -0.629. The van der Waals surface area contributed by atoms with Crippen molar-refractivity contribution in [3.8, 4) is 5.75 Å². The van der Waals surface area contributed by atoms with Crippen molar-refractivity contribution >= 4 is 39.6 Å². The summed E-state index contributed by atoms with van der Waals surface area (Å²) in [5, 5.41) is 0. The van der Waals surface area contributed by atoms with E-state index in [1.54, 1.807) is 36.4 Å². The van der Waals surface area contributed by atoms with Crippen molar-refractivity contribution in [2.75, 3.05) is 13.2 Å². The quantitative estimate of drug-likeness (QED) is 0.248. The Morgan fingerprint density at radius 2 is 1.71 bits per heavy atom. The molecular formula is C25H20BrNO7. The van der Waals surface area contributed by atoms with Gasteiger partial charge in [0, 0.05) is 23.0 Å². The zero-order valence-corrected chi connectivity index (χ0v) is 19.5. The lowest BCUT2D eigenvalue weighted by molar-refractivity contribution is -0.147. The van der Waals surface area contributed by atoms with Gasteiger partial charge in [-0.15, -0.1) is 0 Å². The molecular weight excluding hydrogens is 506 g/mol. The molecule has 0 N–H and O–H groups in total. The molecule has 0 radical (unpaired) electrons. The Balaban J connectivity index is 1.26. The second-order valence-electron chi connectivity index (χ2n) is 7.71. The van der Waals surface area contributed by atoms with Gasteiger partial charge < -0.3 is 18.8 Å². The summed E-state index contributed by atoms with van der Waals surface area (Å²) in [6, 6.07) is 16.2. The molecule has 2 aromatic carbocycles. The maximum absolute atomic E-state index is 12.4. The molecule has 3 aromatic rings. The minimum Gasteiger partial charge on any atom is -0.467 e. The van der Waals surface area contributed by atoms with Crippen LogP contribution in [0.5, 0.6) is 5.75 Å². The van der Waals surface area contributed by atoms with Gasteiger partial charge in [0.15, 0.2) is 12.4 Å². The van der Waals surface area contributed by atoms with Gasteiger partial charge in [-0.25, -0.2) is 4.79 Å². The van der Waals surface area contributed by atoms with Gasteiger partial charge in [0.2, 0.25) is 5.91 Å². The van der Waals surface area contributed by atoms with E-state index >= 15 is 0 Å². The molecule has 34 heavy (non-hydrogen) atoms. The van der Waals surface area contributed by atoms with Crippen LogP contribution >= 0.6 is 15.9 Å². The SMILES string of the molecule is O=C(COC(=O)[C@H]1CC(=O)N(Cc2ccco2)C1)c1ccc(OC(=O)c2ccc(Br)cc2)cc1. The molecule has 174 valence electrons. The summed E-state index contributed by atoms with van der Waals surface area (Å²) < 4.78 is 16.5. The largest absolute Gasteiger partial charge is 0.467 e. The molecule has 1 aliphatic heterocycles. The number of benzene rings is 2. The van der Waals surface area contributed by atoms with Crippen molar-refractivity contribution in [2.24, 2.45) is 5.92 Å². The molecule has 1 saturated heterocycles. The third kappa shape index (κ3) is 5.79. The summed E-state index contributed by atoms with van der Waals surface area (Å²) in [6.45, 7) is 0.0536. The molecule has 1 aromatic heterocycles. The number of Topliss-reactive ketones (excluding diaryl/α,β-unsaturated/α-hetero) is 1. The van der Waals surface area contributed by atoms with E-state index in [1.807, 2.05) is 0 Å². The lowest BCUT2D eigenvalue weighted by Gasteiger charge is -2.14. The van der Waals surface area contributed by atoms with Crippen LogP contribution in [0.3, 0.4) is 0 Å². The van der Waals surface area contributed by atoms with Crippen LogP contribution in [-0.2, 0) is 20.9 Å². The van der Waals surface area contributed by atoms with Crippen LogP contribution in [0.25, 0.3) is 0 Å². The molecule has 0 aliphatic carbocycles. The van der Waals surface area contributed by atoms with Gasteiger partial charge in [-0.2, -0.15) is 0 Å². The zero-order chi connectivity index (χ0) is 24.1. The van der Waals surface area contributed by atoms with Gasteiger partial charge in [-0.3, -0.25) is 14.4 Å². The molecule has 0 saturated carbocycles. The Labute approximate surface area is 203 Å². The first-order valence-electron chi connectivity index (χ1n) is 10.5. The highest BCUT2D eigenvalue weighted by molar-refractivity contribution is 9.10. The average molecular weight is 526 g/mol. The lowest BCUT2D eigenvalue weighted by atomic mass is 10.1. The molecule has 0 unspecified atom stereocenters.